The Morgan fingerprint density at radius 1 is 1.00 bits per heavy atom. The Bertz CT molecular complexity index is 474. The maximum absolute atomic E-state index is 13.1. The van der Waals surface area contributed by atoms with E-state index < -0.39 is 7.60 Å². The second-order valence-electron chi connectivity index (χ2n) is 6.32. The fraction of sp³-hybridized carbons (Fsp3) is 0.556. The van der Waals surface area contributed by atoms with Crippen LogP contribution in [0.2, 0.25) is 0 Å². The van der Waals surface area contributed by atoms with E-state index in [9.17, 15) is 4.57 Å². The predicted molar refractivity (Wildman–Crippen MR) is 94.6 cm³/mol. The first-order valence-electron chi connectivity index (χ1n) is 7.99. The van der Waals surface area contributed by atoms with E-state index in [2.05, 4.69) is 34.3 Å². The highest BCUT2D eigenvalue weighted by Crippen LogP contribution is 2.47. The van der Waals surface area contributed by atoms with Crippen molar-refractivity contribution >= 4 is 19.0 Å². The molecule has 1 aromatic rings. The Morgan fingerprint density at radius 2 is 1.45 bits per heavy atom. The zero-order valence-corrected chi connectivity index (χ0v) is 15.1. The highest BCUT2D eigenvalue weighted by Gasteiger charge is 2.27. The van der Waals surface area contributed by atoms with Gasteiger partial charge in [-0.25, -0.2) is 0 Å². The molecule has 0 bridgehead atoms. The molecule has 1 aromatic carbocycles. The van der Waals surface area contributed by atoms with Gasteiger partial charge in [0.05, 0.1) is 18.5 Å². The quantitative estimate of drug-likeness (QED) is 0.550. The monoisotopic (exact) mass is 324 g/mol. The van der Waals surface area contributed by atoms with Gasteiger partial charge in [-0.15, -0.1) is 0 Å². The lowest BCUT2D eigenvalue weighted by Crippen LogP contribution is -2.13. The van der Waals surface area contributed by atoms with Crippen LogP contribution < -0.4 is 5.30 Å². The molecule has 4 heteroatoms. The molecule has 0 radical (unpaired) electrons. The topological polar surface area (TPSA) is 35.5 Å². The summed E-state index contributed by atoms with van der Waals surface area (Å²) in [6.07, 6.45) is 3.48. The molecule has 0 amide bonds. The minimum atomic E-state index is -3.25. The Hall–Kier alpha value is -0.890. The molecule has 0 spiro atoms. The summed E-state index contributed by atoms with van der Waals surface area (Å²) in [5.74, 6) is 1.01. The number of hydrogen-bond donors (Lipinski definition) is 0. The molecule has 0 aromatic heterocycles. The third kappa shape index (κ3) is 6.48. The lowest BCUT2D eigenvalue weighted by atomic mass is 10.2. The van der Waals surface area contributed by atoms with E-state index in [1.807, 2.05) is 24.3 Å². The predicted octanol–water partition coefficient (Wildman–Crippen LogP) is 5.27. The smallest absolute Gasteiger partial charge is 0.305 e. The van der Waals surface area contributed by atoms with Gasteiger partial charge in [0.25, 0.3) is 0 Å². The summed E-state index contributed by atoms with van der Waals surface area (Å²) >= 11 is 0. The molecule has 0 heterocycles. The van der Waals surface area contributed by atoms with Crippen LogP contribution in [0.15, 0.2) is 30.8 Å². The first-order valence-corrected chi connectivity index (χ1v) is 9.54. The average molecular weight is 324 g/mol. The molecule has 0 aliphatic carbocycles. The zero-order chi connectivity index (χ0) is 16.6. The van der Waals surface area contributed by atoms with Crippen LogP contribution in [0.25, 0.3) is 6.08 Å². The maximum atomic E-state index is 13.1. The third-order valence-electron chi connectivity index (χ3n) is 3.36. The average Bonchev–Trinajstić information content (AvgIpc) is 2.46. The van der Waals surface area contributed by atoms with Crippen molar-refractivity contribution in [2.75, 3.05) is 13.2 Å². The minimum absolute atomic E-state index is 0.444. The molecule has 0 saturated heterocycles. The summed E-state index contributed by atoms with van der Waals surface area (Å²) in [7, 11) is -3.25. The van der Waals surface area contributed by atoms with E-state index in [-0.39, 0.29) is 0 Å². The van der Waals surface area contributed by atoms with Crippen molar-refractivity contribution in [3.05, 3.63) is 36.4 Å². The van der Waals surface area contributed by atoms with Crippen LogP contribution >= 0.6 is 7.60 Å². The Kier molecular flexibility index (Phi) is 8.09. The van der Waals surface area contributed by atoms with Gasteiger partial charge in [-0.3, -0.25) is 4.57 Å². The van der Waals surface area contributed by atoms with Crippen LogP contribution in [0.1, 0.15) is 46.1 Å². The van der Waals surface area contributed by atoms with Gasteiger partial charge in [0.1, 0.15) is 0 Å². The molecule has 0 unspecified atom stereocenters. The van der Waals surface area contributed by atoms with Crippen LogP contribution in [-0.4, -0.2) is 13.2 Å². The summed E-state index contributed by atoms with van der Waals surface area (Å²) in [6, 6.07) is 7.38. The standard InChI is InChI=1S/C18H29O3P/c1-6-17-7-9-18(10-8-17)22(19,20-13-11-15(2)3)21-14-12-16(4)5/h6-10,15-16H,1,11-14H2,2-5H3. The molecule has 0 aliphatic heterocycles. The van der Waals surface area contributed by atoms with E-state index >= 15 is 0 Å². The number of rotatable bonds is 10. The van der Waals surface area contributed by atoms with Gasteiger partial charge >= 0.3 is 7.60 Å². The maximum Gasteiger partial charge on any atom is 0.361 e. The van der Waals surface area contributed by atoms with E-state index in [4.69, 9.17) is 9.05 Å². The van der Waals surface area contributed by atoms with Crippen molar-refractivity contribution in [1.29, 1.82) is 0 Å². The van der Waals surface area contributed by atoms with Gasteiger partial charge in [0, 0.05) is 0 Å². The van der Waals surface area contributed by atoms with Crippen LogP contribution in [0.4, 0.5) is 0 Å². The van der Waals surface area contributed by atoms with Crippen molar-refractivity contribution in [2.24, 2.45) is 11.8 Å². The van der Waals surface area contributed by atoms with Gasteiger partial charge in [0.2, 0.25) is 0 Å². The van der Waals surface area contributed by atoms with Crippen molar-refractivity contribution in [1.82, 2.24) is 0 Å². The van der Waals surface area contributed by atoms with Crippen molar-refractivity contribution in [3.63, 3.8) is 0 Å². The summed E-state index contributed by atoms with van der Waals surface area (Å²) in [5.41, 5.74) is 0.986. The molecule has 0 fully saturated rings. The number of hydrogen-bond acceptors (Lipinski definition) is 3. The van der Waals surface area contributed by atoms with Crippen molar-refractivity contribution < 1.29 is 13.6 Å². The van der Waals surface area contributed by atoms with Crippen LogP contribution in [0, 0.1) is 11.8 Å². The van der Waals surface area contributed by atoms with E-state index in [0.29, 0.717) is 30.4 Å². The lowest BCUT2D eigenvalue weighted by molar-refractivity contribution is 0.197. The van der Waals surface area contributed by atoms with Crippen molar-refractivity contribution in [2.45, 2.75) is 40.5 Å². The molecule has 22 heavy (non-hydrogen) atoms. The van der Waals surface area contributed by atoms with Crippen LogP contribution in [-0.2, 0) is 13.6 Å². The summed E-state index contributed by atoms with van der Waals surface area (Å²) in [5, 5.41) is 0.616. The molecule has 1 rings (SSSR count). The van der Waals surface area contributed by atoms with Crippen LogP contribution in [0.5, 0.6) is 0 Å². The second-order valence-corrected chi connectivity index (χ2v) is 8.35. The first kappa shape index (κ1) is 19.2. The SMILES string of the molecule is C=Cc1ccc(P(=O)(OCCC(C)C)OCCC(C)C)cc1. The Labute approximate surface area is 135 Å². The molecule has 0 saturated carbocycles. The Morgan fingerprint density at radius 3 is 1.82 bits per heavy atom. The normalized spacial score (nSPS) is 12.1. The van der Waals surface area contributed by atoms with Gasteiger partial charge in [-0.1, -0.05) is 52.5 Å². The molecule has 0 atom stereocenters. The first-order chi connectivity index (χ1) is 10.4. The molecule has 0 N–H and O–H groups in total. The van der Waals surface area contributed by atoms with Crippen molar-refractivity contribution in [3.8, 4) is 0 Å². The lowest BCUT2D eigenvalue weighted by Gasteiger charge is -2.20. The van der Waals surface area contributed by atoms with Gasteiger partial charge in [-0.05, 0) is 42.4 Å². The molecular formula is C18H29O3P. The molecule has 0 aliphatic rings. The summed E-state index contributed by atoms with van der Waals surface area (Å²) in [4.78, 5) is 0. The third-order valence-corrected chi connectivity index (χ3v) is 5.33. The van der Waals surface area contributed by atoms with E-state index in [0.717, 1.165) is 18.4 Å². The Balaban J connectivity index is 2.82. The minimum Gasteiger partial charge on any atom is -0.305 e. The summed E-state index contributed by atoms with van der Waals surface area (Å²) in [6.45, 7) is 13.1. The second kappa shape index (κ2) is 9.29. The molecule has 3 nitrogen and oxygen atoms in total. The highest BCUT2D eigenvalue weighted by molar-refractivity contribution is 7.62. The fourth-order valence-electron chi connectivity index (χ4n) is 1.80. The number of benzene rings is 1. The van der Waals surface area contributed by atoms with E-state index in [1.54, 1.807) is 6.08 Å². The largest absolute Gasteiger partial charge is 0.361 e. The van der Waals surface area contributed by atoms with Crippen LogP contribution in [0.3, 0.4) is 0 Å². The highest BCUT2D eigenvalue weighted by atomic mass is 31.2. The van der Waals surface area contributed by atoms with Gasteiger partial charge in [-0.2, -0.15) is 0 Å². The van der Waals surface area contributed by atoms with Gasteiger partial charge < -0.3 is 9.05 Å². The van der Waals surface area contributed by atoms with E-state index in [1.165, 1.54) is 0 Å². The molecule has 124 valence electrons. The fourth-order valence-corrected chi connectivity index (χ4v) is 3.37. The van der Waals surface area contributed by atoms with Gasteiger partial charge in [0.15, 0.2) is 0 Å². The molecular weight excluding hydrogens is 295 g/mol. The summed E-state index contributed by atoms with van der Waals surface area (Å²) < 4.78 is 24.5. The zero-order valence-electron chi connectivity index (χ0n) is 14.2.